The van der Waals surface area contributed by atoms with Crippen LogP contribution < -0.4 is 0 Å². The van der Waals surface area contributed by atoms with Crippen LogP contribution in [0, 0.1) is 100 Å². The molecule has 376 valence electrons. The third-order valence-corrected chi connectivity index (χ3v) is 17.2. The molecule has 0 N–H and O–H groups in total. The summed E-state index contributed by atoms with van der Waals surface area (Å²) in [6.07, 6.45) is 23.2. The highest BCUT2D eigenvalue weighted by atomic mass is 16.6. The Morgan fingerprint density at radius 1 is 0.471 bits per heavy atom. The summed E-state index contributed by atoms with van der Waals surface area (Å²) in [5.41, 5.74) is -1.84. The fraction of sp³-hybridized carbons (Fsp3) is 0.786. The lowest BCUT2D eigenvalue weighted by atomic mass is 9.63. The van der Waals surface area contributed by atoms with Crippen molar-refractivity contribution in [3.8, 4) is 0 Å². The van der Waals surface area contributed by atoms with E-state index in [0.29, 0.717) is 59.2 Å². The smallest absolute Gasteiger partial charge is 0.312 e. The molecule has 0 saturated heterocycles. The molecule has 12 nitrogen and oxygen atoms in total. The van der Waals surface area contributed by atoms with Crippen molar-refractivity contribution in [1.82, 2.24) is 0 Å². The number of rotatable bonds is 12. The second kappa shape index (κ2) is 19.3. The maximum atomic E-state index is 12.8. The van der Waals surface area contributed by atoms with E-state index in [4.69, 9.17) is 28.4 Å². The third kappa shape index (κ3) is 11.0. The van der Waals surface area contributed by atoms with Crippen molar-refractivity contribution in [3.63, 3.8) is 0 Å². The molecule has 10 aliphatic carbocycles. The topological polar surface area (TPSA) is 158 Å². The Bertz CT molecular complexity index is 2030. The molecule has 17 unspecified atom stereocenters. The molecule has 12 heteroatoms. The van der Waals surface area contributed by atoms with Crippen LogP contribution in [0.3, 0.4) is 0 Å². The van der Waals surface area contributed by atoms with Crippen LogP contribution in [0.5, 0.6) is 0 Å². The van der Waals surface area contributed by atoms with Gasteiger partial charge in [-0.05, 0) is 203 Å². The Morgan fingerprint density at radius 2 is 0.926 bits per heavy atom. The Labute approximate surface area is 404 Å². The molecule has 0 aromatic heterocycles. The largest absolute Gasteiger partial charge is 0.465 e. The zero-order valence-corrected chi connectivity index (χ0v) is 42.5. The molecule has 0 spiro atoms. The Hall–Kier alpha value is -3.96. The standard InChI is InChI=1S/C21H30O4.C20H28O4.C15H22O4/c1-20(2,3)25-16(22)7-8-24-19(23)21(4)11-14-10-15(21)18-13-6-5-12(9-13)17(14)18;1-20(2,3)24-16(21)6-7-23-19(22)15-10-13-9-14(15)18-12-5-4-11(8-12)17(13)18;1-15(2,3)19-13(16)6-7-18-14(17)12-9-10-4-5-11(12)8-10/h5-6,12-15,17-18H,7-11H2,1-4H3;4-5,11-15,17-18H,6-10H2,1-3H3;4-5,10-12H,6-9H2,1-3H3. The summed E-state index contributed by atoms with van der Waals surface area (Å²) in [6, 6.07) is 0. The van der Waals surface area contributed by atoms with E-state index in [0.717, 1.165) is 49.4 Å². The number of hydrogen-bond acceptors (Lipinski definition) is 12. The Balaban J connectivity index is 0.000000139. The van der Waals surface area contributed by atoms with Gasteiger partial charge in [-0.15, -0.1) is 0 Å². The SMILES string of the molecule is CC(C)(C)OC(=O)CCOC(=O)C1(C)CC2CC1C1C3C=CC(C3)C21.CC(C)(C)OC(=O)CCOC(=O)C1CC2C=CC1C2.CC(C)(C)OC(=O)CCOC(=O)C1CC2CC1C1C3C=CC(C3)C21. The molecule has 7 saturated carbocycles. The van der Waals surface area contributed by atoms with Gasteiger partial charge in [0.15, 0.2) is 0 Å². The highest BCUT2D eigenvalue weighted by Gasteiger charge is 2.67. The van der Waals surface area contributed by atoms with Gasteiger partial charge in [0.2, 0.25) is 0 Å². The quantitative estimate of drug-likeness (QED) is 0.0791. The monoisotopic (exact) mass is 945 g/mol. The lowest BCUT2D eigenvalue weighted by Gasteiger charge is -2.41. The molecule has 0 aromatic rings. The summed E-state index contributed by atoms with van der Waals surface area (Å²) in [6.45, 7) is 19.0. The van der Waals surface area contributed by atoms with Crippen LogP contribution in [0.2, 0.25) is 0 Å². The van der Waals surface area contributed by atoms with Gasteiger partial charge in [0.1, 0.15) is 36.6 Å². The van der Waals surface area contributed by atoms with E-state index in [2.05, 4.69) is 43.4 Å². The average molecular weight is 945 g/mol. The molecule has 7 fully saturated rings. The summed E-state index contributed by atoms with van der Waals surface area (Å²) in [4.78, 5) is 72.2. The van der Waals surface area contributed by atoms with Crippen LogP contribution in [-0.2, 0) is 57.2 Å². The molecule has 0 amide bonds. The fourth-order valence-electron chi connectivity index (χ4n) is 15.2. The molecule has 17 atom stereocenters. The van der Waals surface area contributed by atoms with Crippen molar-refractivity contribution in [2.24, 2.45) is 100 Å². The Kier molecular flexibility index (Phi) is 14.3. The molecule has 0 aromatic carbocycles. The van der Waals surface area contributed by atoms with Gasteiger partial charge in [-0.3, -0.25) is 28.8 Å². The molecule has 0 aliphatic heterocycles. The Morgan fingerprint density at radius 3 is 1.41 bits per heavy atom. The summed E-state index contributed by atoms with van der Waals surface area (Å²) in [5, 5.41) is 0. The number of ether oxygens (including phenoxy) is 6. The lowest BCUT2D eigenvalue weighted by Crippen LogP contribution is -2.43. The van der Waals surface area contributed by atoms with Crippen molar-refractivity contribution in [2.45, 2.75) is 157 Å². The first kappa shape index (κ1) is 50.4. The highest BCUT2D eigenvalue weighted by molar-refractivity contribution is 5.79. The lowest BCUT2D eigenvalue weighted by molar-refractivity contribution is -0.165. The predicted molar refractivity (Wildman–Crippen MR) is 253 cm³/mol. The van der Waals surface area contributed by atoms with Gasteiger partial charge in [-0.2, -0.15) is 0 Å². The zero-order chi connectivity index (χ0) is 49.1. The summed E-state index contributed by atoms with van der Waals surface area (Å²) >= 11 is 0. The molecule has 0 radical (unpaired) electrons. The number of esters is 6. The molecule has 68 heavy (non-hydrogen) atoms. The predicted octanol–water partition coefficient (Wildman–Crippen LogP) is 9.58. The normalized spacial score (nSPS) is 38.6. The minimum absolute atomic E-state index is 0.00589. The number of hydrogen-bond donors (Lipinski definition) is 0. The first-order chi connectivity index (χ1) is 31.9. The maximum Gasteiger partial charge on any atom is 0.312 e. The van der Waals surface area contributed by atoms with Gasteiger partial charge in [0.05, 0.1) is 36.5 Å². The zero-order valence-electron chi connectivity index (χ0n) is 42.5. The summed E-state index contributed by atoms with van der Waals surface area (Å²) in [5.74, 6) is 7.95. The summed E-state index contributed by atoms with van der Waals surface area (Å²) < 4.78 is 31.8. The number of carbonyl (C=O) groups is 6. The van der Waals surface area contributed by atoms with E-state index in [1.165, 1.54) is 25.7 Å². The second-order valence-electron chi connectivity index (χ2n) is 25.3. The molecule has 10 aliphatic rings. The number of allylic oxidation sites excluding steroid dienone is 6. The number of carbonyl (C=O) groups excluding carboxylic acids is 6. The van der Waals surface area contributed by atoms with Crippen LogP contribution in [-0.4, -0.2) is 72.4 Å². The van der Waals surface area contributed by atoms with Gasteiger partial charge >= 0.3 is 35.8 Å². The summed E-state index contributed by atoms with van der Waals surface area (Å²) in [7, 11) is 0. The van der Waals surface area contributed by atoms with Crippen LogP contribution >= 0.6 is 0 Å². The van der Waals surface area contributed by atoms with E-state index >= 15 is 0 Å². The van der Waals surface area contributed by atoms with Crippen molar-refractivity contribution >= 4 is 35.8 Å². The maximum absolute atomic E-state index is 12.8. The highest BCUT2D eigenvalue weighted by Crippen LogP contribution is 2.71. The average Bonchev–Trinajstić information content (AvgIpc) is 4.09. The second-order valence-corrected chi connectivity index (χ2v) is 25.3. The van der Waals surface area contributed by atoms with E-state index in [9.17, 15) is 28.8 Å². The van der Waals surface area contributed by atoms with Gasteiger partial charge in [0, 0.05) is 0 Å². The van der Waals surface area contributed by atoms with Crippen LogP contribution in [0.1, 0.15) is 140 Å². The van der Waals surface area contributed by atoms with E-state index in [-0.39, 0.29) is 92.1 Å². The van der Waals surface area contributed by atoms with Gasteiger partial charge < -0.3 is 28.4 Å². The molecular formula is C56H80O12. The van der Waals surface area contributed by atoms with Crippen molar-refractivity contribution in [1.29, 1.82) is 0 Å². The third-order valence-electron chi connectivity index (χ3n) is 17.2. The van der Waals surface area contributed by atoms with Crippen molar-refractivity contribution in [2.75, 3.05) is 19.8 Å². The first-order valence-corrected chi connectivity index (χ1v) is 26.1. The van der Waals surface area contributed by atoms with E-state index in [1.807, 2.05) is 62.3 Å². The van der Waals surface area contributed by atoms with Crippen LogP contribution in [0.15, 0.2) is 36.5 Å². The molecular weight excluding hydrogens is 865 g/mol. The molecule has 0 heterocycles. The van der Waals surface area contributed by atoms with Crippen LogP contribution in [0.4, 0.5) is 0 Å². The fourth-order valence-corrected chi connectivity index (χ4v) is 15.2. The number of fused-ring (bicyclic) bond motifs is 20. The molecule has 10 rings (SSSR count). The van der Waals surface area contributed by atoms with Crippen molar-refractivity contribution in [3.05, 3.63) is 36.5 Å². The minimum atomic E-state index is -0.498. The van der Waals surface area contributed by atoms with E-state index < -0.39 is 16.8 Å². The van der Waals surface area contributed by atoms with Gasteiger partial charge in [-0.1, -0.05) is 36.5 Å². The van der Waals surface area contributed by atoms with E-state index in [1.54, 1.807) is 0 Å². The molecule has 10 bridgehead atoms. The van der Waals surface area contributed by atoms with Gasteiger partial charge in [-0.25, -0.2) is 0 Å². The van der Waals surface area contributed by atoms with Crippen molar-refractivity contribution < 1.29 is 57.2 Å². The minimum Gasteiger partial charge on any atom is -0.465 e. The van der Waals surface area contributed by atoms with Gasteiger partial charge in [0.25, 0.3) is 0 Å². The van der Waals surface area contributed by atoms with Crippen LogP contribution in [0.25, 0.3) is 0 Å². The first-order valence-electron chi connectivity index (χ1n) is 26.1.